The van der Waals surface area contributed by atoms with Crippen molar-refractivity contribution in [3.8, 4) is 0 Å². The Morgan fingerprint density at radius 1 is 1.36 bits per heavy atom. The van der Waals surface area contributed by atoms with E-state index in [0.717, 1.165) is 4.74 Å². The van der Waals surface area contributed by atoms with Crippen molar-refractivity contribution in [3.05, 3.63) is 40.9 Å². The smallest absolute Gasteiger partial charge is 0.182 e. The van der Waals surface area contributed by atoms with Gasteiger partial charge in [0, 0.05) is 26.3 Å². The lowest BCUT2D eigenvalue weighted by molar-refractivity contribution is -0.530. The van der Waals surface area contributed by atoms with Crippen molar-refractivity contribution in [1.82, 2.24) is 0 Å². The van der Waals surface area contributed by atoms with Gasteiger partial charge in [-0.15, -0.1) is 0 Å². The average Bonchev–Trinajstić information content (AvgIpc) is 2.02. The number of hydrogen-bond acceptors (Lipinski definition) is 1. The third kappa shape index (κ3) is 2.83. The van der Waals surface area contributed by atoms with Crippen molar-refractivity contribution < 1.29 is 9.13 Å². The van der Waals surface area contributed by atoms with Crippen LogP contribution in [0.3, 0.4) is 0 Å². The highest BCUT2D eigenvalue weighted by Gasteiger charge is 2.17. The minimum atomic E-state index is -0.494. The van der Waals surface area contributed by atoms with E-state index in [2.05, 4.69) is 0 Å². The Morgan fingerprint density at radius 3 is 2.50 bits per heavy atom. The zero-order chi connectivity index (χ0) is 10.8. The number of rotatable bonds is 1. The minimum absolute atomic E-state index is 0.332. The molecule has 14 heavy (non-hydrogen) atoms. The molecule has 0 saturated carbocycles. The molecule has 0 amide bonds. The topological polar surface area (TPSA) is 26.1 Å². The fourth-order valence-electron chi connectivity index (χ4n) is 0.916. The first kappa shape index (κ1) is 10.7. The van der Waals surface area contributed by atoms with Crippen molar-refractivity contribution >= 4 is 6.21 Å². The molecule has 0 saturated heterocycles. The van der Waals surface area contributed by atoms with Gasteiger partial charge in [0.1, 0.15) is 5.82 Å². The largest absolute Gasteiger partial charge is 0.623 e. The molecule has 0 radical (unpaired) electrons. The maximum Gasteiger partial charge on any atom is 0.182 e. The van der Waals surface area contributed by atoms with Crippen LogP contribution in [0.4, 0.5) is 4.39 Å². The highest BCUT2D eigenvalue weighted by Crippen LogP contribution is 2.07. The highest BCUT2D eigenvalue weighted by atomic mass is 19.1. The Morgan fingerprint density at radius 2 is 2.00 bits per heavy atom. The van der Waals surface area contributed by atoms with Gasteiger partial charge in [0.25, 0.3) is 0 Å². The van der Waals surface area contributed by atoms with Gasteiger partial charge in [0.05, 0.1) is 0 Å². The average molecular weight is 195 g/mol. The van der Waals surface area contributed by atoms with Gasteiger partial charge in [-0.25, -0.2) is 9.13 Å². The summed E-state index contributed by atoms with van der Waals surface area (Å²) in [6.07, 6.45) is 1.39. The summed E-state index contributed by atoms with van der Waals surface area (Å²) in [6, 6.07) is 5.96. The maximum absolute atomic E-state index is 12.8. The lowest BCUT2D eigenvalue weighted by Gasteiger charge is -2.18. The molecule has 2 nitrogen and oxygen atoms in total. The van der Waals surface area contributed by atoms with Gasteiger partial charge in [-0.05, 0) is 18.2 Å². The molecular weight excluding hydrogens is 181 g/mol. The van der Waals surface area contributed by atoms with Crippen LogP contribution in [-0.2, 0) is 0 Å². The molecule has 1 rings (SSSR count). The monoisotopic (exact) mass is 195 g/mol. The van der Waals surface area contributed by atoms with Crippen LogP contribution in [0.5, 0.6) is 0 Å². The molecule has 1 aromatic rings. The van der Waals surface area contributed by atoms with Gasteiger partial charge in [-0.1, -0.05) is 6.07 Å². The van der Waals surface area contributed by atoms with E-state index in [-0.39, 0.29) is 5.82 Å². The second-order valence-electron chi connectivity index (χ2n) is 4.18. The van der Waals surface area contributed by atoms with Crippen molar-refractivity contribution in [1.29, 1.82) is 0 Å². The maximum atomic E-state index is 12.8. The molecule has 0 heterocycles. The van der Waals surface area contributed by atoms with Crippen molar-refractivity contribution in [2.24, 2.45) is 0 Å². The van der Waals surface area contributed by atoms with Crippen LogP contribution in [0.2, 0.25) is 0 Å². The first-order valence-corrected chi connectivity index (χ1v) is 4.46. The second kappa shape index (κ2) is 3.78. The van der Waals surface area contributed by atoms with E-state index in [0.29, 0.717) is 5.56 Å². The number of halogens is 1. The predicted octanol–water partition coefficient (Wildman–Crippen LogP) is 2.55. The van der Waals surface area contributed by atoms with E-state index in [1.807, 2.05) is 0 Å². The molecule has 0 aliphatic carbocycles. The summed E-state index contributed by atoms with van der Waals surface area (Å²) in [5, 5.41) is 11.5. The van der Waals surface area contributed by atoms with Gasteiger partial charge in [0.15, 0.2) is 11.8 Å². The molecule has 0 aromatic heterocycles. The molecule has 76 valence electrons. The van der Waals surface area contributed by atoms with Gasteiger partial charge in [0.2, 0.25) is 0 Å². The Balaban J connectivity index is 2.98. The van der Waals surface area contributed by atoms with E-state index in [1.165, 1.54) is 18.3 Å². The zero-order valence-corrected chi connectivity index (χ0v) is 8.62. The zero-order valence-electron chi connectivity index (χ0n) is 8.62. The van der Waals surface area contributed by atoms with Gasteiger partial charge in [-0.2, -0.15) is 0 Å². The summed E-state index contributed by atoms with van der Waals surface area (Å²) in [5.41, 5.74) is 0.0849. The fraction of sp³-hybridized carbons (Fsp3) is 0.364. The van der Waals surface area contributed by atoms with E-state index < -0.39 is 5.54 Å². The number of hydrogen-bond donors (Lipinski definition) is 0. The Labute approximate surface area is 83.3 Å². The Hall–Kier alpha value is -1.38. The molecule has 3 heteroatoms. The normalized spacial score (nSPS) is 13.0. The summed E-state index contributed by atoms with van der Waals surface area (Å²) in [4.78, 5) is 0. The van der Waals surface area contributed by atoms with Crippen LogP contribution in [0, 0.1) is 11.0 Å². The quantitative estimate of drug-likeness (QED) is 0.293. The van der Waals surface area contributed by atoms with Gasteiger partial charge >= 0.3 is 0 Å². The molecular formula is C11H14FNO. The first-order valence-electron chi connectivity index (χ1n) is 4.46. The Bertz CT molecular complexity index is 353. The summed E-state index contributed by atoms with van der Waals surface area (Å²) in [7, 11) is 0. The lowest BCUT2D eigenvalue weighted by Crippen LogP contribution is -2.29. The van der Waals surface area contributed by atoms with Crippen molar-refractivity contribution in [2.45, 2.75) is 26.3 Å². The summed E-state index contributed by atoms with van der Waals surface area (Å²) in [5.74, 6) is -0.332. The molecule has 0 fully saturated rings. The van der Waals surface area contributed by atoms with E-state index >= 15 is 0 Å². The van der Waals surface area contributed by atoms with Crippen LogP contribution in [0.25, 0.3) is 0 Å². The third-order valence-electron chi connectivity index (χ3n) is 1.78. The molecule has 0 bridgehead atoms. The number of hydroxylamine groups is 1. The van der Waals surface area contributed by atoms with E-state index in [9.17, 15) is 9.60 Å². The standard InChI is InChI=1S/C11H14FNO/c1-11(2,3)13(14)8-9-5-4-6-10(12)7-9/h4-8H,1-3H3/b13-8-. The second-order valence-corrected chi connectivity index (χ2v) is 4.18. The predicted molar refractivity (Wildman–Crippen MR) is 54.9 cm³/mol. The van der Waals surface area contributed by atoms with E-state index in [1.54, 1.807) is 32.9 Å². The van der Waals surface area contributed by atoms with Crippen molar-refractivity contribution in [3.63, 3.8) is 0 Å². The summed E-state index contributed by atoms with van der Waals surface area (Å²) in [6.45, 7) is 5.40. The molecule has 1 aromatic carbocycles. The Kier molecular flexibility index (Phi) is 2.89. The molecule has 0 atom stereocenters. The molecule has 0 aliphatic rings. The fourth-order valence-corrected chi connectivity index (χ4v) is 0.916. The molecule has 0 aliphatic heterocycles. The van der Waals surface area contributed by atoms with Gasteiger partial charge in [-0.3, -0.25) is 0 Å². The first-order chi connectivity index (χ1) is 6.39. The molecule has 0 unspecified atom stereocenters. The van der Waals surface area contributed by atoms with Crippen LogP contribution >= 0.6 is 0 Å². The van der Waals surface area contributed by atoms with Crippen LogP contribution in [-0.4, -0.2) is 16.5 Å². The summed E-state index contributed by atoms with van der Waals surface area (Å²) >= 11 is 0. The van der Waals surface area contributed by atoms with Crippen LogP contribution < -0.4 is 0 Å². The molecule has 0 N–H and O–H groups in total. The van der Waals surface area contributed by atoms with E-state index in [4.69, 9.17) is 0 Å². The van der Waals surface area contributed by atoms with Crippen molar-refractivity contribution in [2.75, 3.05) is 0 Å². The minimum Gasteiger partial charge on any atom is -0.623 e. The van der Waals surface area contributed by atoms with Crippen LogP contribution in [0.1, 0.15) is 26.3 Å². The van der Waals surface area contributed by atoms with Crippen LogP contribution in [0.15, 0.2) is 24.3 Å². The number of nitrogens with zero attached hydrogens (tertiary/aromatic N) is 1. The molecule has 0 spiro atoms. The number of benzene rings is 1. The lowest BCUT2D eigenvalue weighted by atomic mass is 10.1. The SMILES string of the molecule is CC(C)(C)/[N+]([O-])=C/c1cccc(F)c1. The van der Waals surface area contributed by atoms with Gasteiger partial charge < -0.3 is 5.21 Å². The highest BCUT2D eigenvalue weighted by molar-refractivity contribution is 5.75. The third-order valence-corrected chi connectivity index (χ3v) is 1.78. The summed E-state index contributed by atoms with van der Waals surface area (Å²) < 4.78 is 13.6.